The summed E-state index contributed by atoms with van der Waals surface area (Å²) in [6, 6.07) is 9.59. The largest absolute Gasteiger partial charge is 0.387 e. The van der Waals surface area contributed by atoms with E-state index in [-0.39, 0.29) is 23.6 Å². The number of aromatic nitrogens is 4. The molecule has 0 radical (unpaired) electrons. The van der Waals surface area contributed by atoms with Crippen LogP contribution in [0.3, 0.4) is 0 Å². The lowest BCUT2D eigenvalue weighted by atomic mass is 9.96. The van der Waals surface area contributed by atoms with Crippen molar-refractivity contribution < 1.29 is 34.0 Å². The van der Waals surface area contributed by atoms with Gasteiger partial charge in [-0.25, -0.2) is 4.98 Å². The van der Waals surface area contributed by atoms with E-state index in [2.05, 4.69) is 20.3 Å². The Morgan fingerprint density at radius 3 is 2.71 bits per heavy atom. The van der Waals surface area contributed by atoms with Gasteiger partial charge in [-0.05, 0) is 31.0 Å². The quantitative estimate of drug-likeness (QED) is 0.219. The van der Waals surface area contributed by atoms with Crippen LogP contribution in [0.4, 0.5) is 5.82 Å². The Balaban J connectivity index is 1.61. The van der Waals surface area contributed by atoms with Crippen LogP contribution >= 0.6 is 19.2 Å². The third-order valence-corrected chi connectivity index (χ3v) is 6.28. The summed E-state index contributed by atoms with van der Waals surface area (Å²) < 4.78 is 23.2. The molecule has 14 heteroatoms. The number of hydrogen-bond donors (Lipinski definition) is 5. The SMILES string of the molecule is CC(Nc1nc(Cl)nc2c1ncn2[C@@H]1O[C@H](COCP(=O)(O)O)[C@@H](O)[C@@]1(C)O)c1ccccc1. The second kappa shape index (κ2) is 9.48. The Bertz CT molecular complexity index is 1200. The van der Waals surface area contributed by atoms with Crippen molar-refractivity contribution in [2.24, 2.45) is 0 Å². The minimum absolute atomic E-state index is 0.0586. The van der Waals surface area contributed by atoms with Crippen molar-refractivity contribution in [3.05, 3.63) is 47.5 Å². The Kier molecular flexibility index (Phi) is 6.96. The number of halogens is 1. The van der Waals surface area contributed by atoms with E-state index in [1.807, 2.05) is 37.3 Å². The molecule has 2 aromatic heterocycles. The molecule has 0 bridgehead atoms. The van der Waals surface area contributed by atoms with E-state index < -0.39 is 38.0 Å². The second-order valence-corrected chi connectivity index (χ2v) is 10.2. The molecule has 0 spiro atoms. The summed E-state index contributed by atoms with van der Waals surface area (Å²) in [6.07, 6.45) is -3.06. The molecule has 0 amide bonds. The number of anilines is 1. The van der Waals surface area contributed by atoms with Crippen LogP contribution in [0.2, 0.25) is 5.28 Å². The number of aliphatic hydroxyl groups is 2. The fraction of sp³-hybridized carbons (Fsp3) is 0.450. The third-order valence-electron chi connectivity index (χ3n) is 5.60. The Morgan fingerprint density at radius 1 is 1.32 bits per heavy atom. The number of hydrogen-bond acceptors (Lipinski definition) is 9. The monoisotopic (exact) mass is 513 g/mol. The molecule has 1 aliphatic rings. The van der Waals surface area contributed by atoms with E-state index in [1.165, 1.54) is 17.8 Å². The van der Waals surface area contributed by atoms with E-state index in [0.29, 0.717) is 11.3 Å². The maximum absolute atomic E-state index is 11.0. The van der Waals surface area contributed by atoms with E-state index in [9.17, 15) is 14.8 Å². The van der Waals surface area contributed by atoms with Gasteiger partial charge in [0.2, 0.25) is 5.28 Å². The second-order valence-electron chi connectivity index (χ2n) is 8.30. The van der Waals surface area contributed by atoms with Crippen molar-refractivity contribution in [3.63, 3.8) is 0 Å². The molecule has 184 valence electrons. The summed E-state index contributed by atoms with van der Waals surface area (Å²) in [5, 5.41) is 24.8. The number of rotatable bonds is 8. The molecule has 1 aliphatic heterocycles. The van der Waals surface area contributed by atoms with Crippen LogP contribution in [-0.4, -0.2) is 70.3 Å². The van der Waals surface area contributed by atoms with Gasteiger partial charge in [0.1, 0.15) is 24.2 Å². The average Bonchev–Trinajstić information content (AvgIpc) is 3.27. The summed E-state index contributed by atoms with van der Waals surface area (Å²) in [6.45, 7) is 2.98. The van der Waals surface area contributed by atoms with E-state index in [0.717, 1.165) is 5.56 Å². The maximum atomic E-state index is 11.0. The molecule has 5 atom stereocenters. The van der Waals surface area contributed by atoms with Gasteiger partial charge in [0.25, 0.3) is 0 Å². The zero-order valence-corrected chi connectivity index (χ0v) is 20.0. The zero-order chi connectivity index (χ0) is 24.7. The van der Waals surface area contributed by atoms with Crippen LogP contribution in [0.25, 0.3) is 11.2 Å². The third kappa shape index (κ3) is 5.09. The number of fused-ring (bicyclic) bond motifs is 1. The molecule has 1 saturated heterocycles. The first kappa shape index (κ1) is 25.0. The number of nitrogens with one attached hydrogen (secondary N) is 1. The minimum atomic E-state index is -4.39. The highest BCUT2D eigenvalue weighted by Gasteiger charge is 2.53. The van der Waals surface area contributed by atoms with Crippen molar-refractivity contribution in [2.75, 3.05) is 18.3 Å². The van der Waals surface area contributed by atoms with Gasteiger partial charge in [-0.2, -0.15) is 9.97 Å². The van der Waals surface area contributed by atoms with Crippen LogP contribution in [-0.2, 0) is 14.0 Å². The normalized spacial score (nSPS) is 26.1. The molecule has 34 heavy (non-hydrogen) atoms. The van der Waals surface area contributed by atoms with Gasteiger partial charge < -0.3 is 34.8 Å². The molecule has 4 rings (SSSR count). The first-order chi connectivity index (χ1) is 16.0. The van der Waals surface area contributed by atoms with Gasteiger partial charge in [0.15, 0.2) is 23.2 Å². The smallest absolute Gasteiger partial charge is 0.350 e. The molecule has 1 aromatic carbocycles. The lowest BCUT2D eigenvalue weighted by molar-refractivity contribution is -0.0959. The lowest BCUT2D eigenvalue weighted by Gasteiger charge is -2.27. The van der Waals surface area contributed by atoms with Crippen LogP contribution in [0.5, 0.6) is 0 Å². The van der Waals surface area contributed by atoms with Crippen LogP contribution < -0.4 is 5.32 Å². The van der Waals surface area contributed by atoms with Crippen molar-refractivity contribution in [3.8, 4) is 0 Å². The Hall–Kier alpha value is -2.15. The highest BCUT2D eigenvalue weighted by molar-refractivity contribution is 7.51. The molecule has 3 heterocycles. The molecular formula is C20H25ClN5O7P. The van der Waals surface area contributed by atoms with E-state index in [4.69, 9.17) is 30.9 Å². The Labute approximate surface area is 199 Å². The molecule has 3 aromatic rings. The van der Waals surface area contributed by atoms with Gasteiger partial charge in [0, 0.05) is 0 Å². The molecule has 0 aliphatic carbocycles. The number of nitrogens with zero attached hydrogens (tertiary/aromatic N) is 4. The highest BCUT2D eigenvalue weighted by Crippen LogP contribution is 2.41. The van der Waals surface area contributed by atoms with E-state index in [1.54, 1.807) is 0 Å². The molecule has 1 fully saturated rings. The molecule has 12 nitrogen and oxygen atoms in total. The van der Waals surface area contributed by atoms with Gasteiger partial charge in [-0.1, -0.05) is 30.3 Å². The lowest BCUT2D eigenvalue weighted by Crippen LogP contribution is -2.44. The highest BCUT2D eigenvalue weighted by atomic mass is 35.5. The van der Waals surface area contributed by atoms with Crippen LogP contribution in [0, 0.1) is 0 Å². The molecule has 0 saturated carbocycles. The minimum Gasteiger partial charge on any atom is -0.387 e. The summed E-state index contributed by atoms with van der Waals surface area (Å²) >= 11 is 6.18. The summed E-state index contributed by atoms with van der Waals surface area (Å²) in [5.41, 5.74) is -0.140. The number of ether oxygens (including phenoxy) is 2. The molecule has 1 unspecified atom stereocenters. The van der Waals surface area contributed by atoms with Gasteiger partial charge >= 0.3 is 7.60 Å². The summed E-state index contributed by atoms with van der Waals surface area (Å²) in [7, 11) is -4.39. The standard InChI is InChI=1S/C20H25ClN5O7P/c1-11(12-6-4-3-5-7-12)23-16-14-17(25-19(21)24-16)26(9-22-14)18-20(2,28)15(27)13(33-18)8-32-10-34(29,30)31/h3-7,9,11,13,15,18,27-28H,8,10H2,1-2H3,(H,23,24,25)(H2,29,30,31)/t11?,13-,15-,18-,20-/m1/s1. The van der Waals surface area contributed by atoms with Gasteiger partial charge in [-0.15, -0.1) is 0 Å². The molecule has 5 N–H and O–H groups in total. The average molecular weight is 514 g/mol. The van der Waals surface area contributed by atoms with Crippen molar-refractivity contribution in [2.45, 2.75) is 43.9 Å². The van der Waals surface area contributed by atoms with Crippen LogP contribution in [0.1, 0.15) is 31.7 Å². The van der Waals surface area contributed by atoms with Crippen molar-refractivity contribution >= 4 is 36.2 Å². The van der Waals surface area contributed by atoms with Crippen LogP contribution in [0.15, 0.2) is 36.7 Å². The predicted molar refractivity (Wildman–Crippen MR) is 122 cm³/mol. The number of aliphatic hydroxyl groups excluding tert-OH is 1. The number of benzene rings is 1. The summed E-state index contributed by atoms with van der Waals surface area (Å²) in [4.78, 5) is 30.8. The van der Waals surface area contributed by atoms with E-state index >= 15 is 0 Å². The Morgan fingerprint density at radius 2 is 2.03 bits per heavy atom. The fourth-order valence-corrected chi connectivity index (χ4v) is 4.37. The fourth-order valence-electron chi connectivity index (χ4n) is 3.86. The first-order valence-electron chi connectivity index (χ1n) is 10.4. The maximum Gasteiger partial charge on any atom is 0.350 e. The van der Waals surface area contributed by atoms with Crippen molar-refractivity contribution in [1.29, 1.82) is 0 Å². The first-order valence-corrected chi connectivity index (χ1v) is 12.5. The molecular weight excluding hydrogens is 489 g/mol. The summed E-state index contributed by atoms with van der Waals surface area (Å²) in [5.74, 6) is 0.379. The van der Waals surface area contributed by atoms with Crippen molar-refractivity contribution in [1.82, 2.24) is 19.5 Å². The predicted octanol–water partition coefficient (Wildman–Crippen LogP) is 1.81. The van der Waals surface area contributed by atoms with Gasteiger partial charge in [-0.3, -0.25) is 9.13 Å². The van der Waals surface area contributed by atoms with Gasteiger partial charge in [0.05, 0.1) is 19.0 Å². The number of imidazole rings is 1. The topological polar surface area (TPSA) is 172 Å². The zero-order valence-electron chi connectivity index (χ0n) is 18.3.